The lowest BCUT2D eigenvalue weighted by atomic mass is 10.3. The van der Waals surface area contributed by atoms with Crippen LogP contribution in [0.1, 0.15) is 0 Å². The number of halogens is 2. The van der Waals surface area contributed by atoms with Gasteiger partial charge in [-0.05, 0) is 18.2 Å². The summed E-state index contributed by atoms with van der Waals surface area (Å²) in [6, 6.07) is 3.38. The predicted molar refractivity (Wildman–Crippen MR) is 64.8 cm³/mol. The molecule has 0 atom stereocenters. The zero-order chi connectivity index (χ0) is 12.9. The van der Waals surface area contributed by atoms with Crippen LogP contribution in [-0.2, 0) is 10.0 Å². The molecule has 1 aromatic carbocycles. The maximum absolute atomic E-state index is 13.4. The van der Waals surface area contributed by atoms with Crippen molar-refractivity contribution in [3.8, 4) is 0 Å². The average molecular weight is 279 g/mol. The maximum atomic E-state index is 13.4. The lowest BCUT2D eigenvalue weighted by Crippen LogP contribution is -2.24. The highest BCUT2D eigenvalue weighted by atomic mass is 35.5. The van der Waals surface area contributed by atoms with Crippen molar-refractivity contribution < 1.29 is 12.8 Å². The van der Waals surface area contributed by atoms with Gasteiger partial charge < -0.3 is 5.73 Å². The molecular formula is C10H12ClFN2O2S. The monoisotopic (exact) mass is 278 g/mol. The molecule has 94 valence electrons. The van der Waals surface area contributed by atoms with Crippen molar-refractivity contribution in [1.29, 1.82) is 0 Å². The van der Waals surface area contributed by atoms with E-state index in [0.717, 1.165) is 12.1 Å². The van der Waals surface area contributed by atoms with Crippen LogP contribution < -0.4 is 10.5 Å². The summed E-state index contributed by atoms with van der Waals surface area (Å²) >= 11 is 5.53. The zero-order valence-electron chi connectivity index (χ0n) is 8.86. The molecule has 17 heavy (non-hydrogen) atoms. The fourth-order valence-corrected chi connectivity index (χ4v) is 2.30. The fraction of sp³-hybridized carbons (Fsp3) is 0.200. The van der Waals surface area contributed by atoms with E-state index in [2.05, 4.69) is 4.72 Å². The molecule has 0 heterocycles. The first kappa shape index (κ1) is 14.1. The van der Waals surface area contributed by atoms with Gasteiger partial charge in [0.25, 0.3) is 0 Å². The van der Waals surface area contributed by atoms with Crippen LogP contribution >= 0.6 is 11.6 Å². The Kier molecular flexibility index (Phi) is 5.07. The van der Waals surface area contributed by atoms with Crippen LogP contribution in [0.3, 0.4) is 0 Å². The van der Waals surface area contributed by atoms with E-state index in [1.807, 2.05) is 0 Å². The summed E-state index contributed by atoms with van der Waals surface area (Å²) in [7, 11) is -3.86. The molecule has 0 aliphatic rings. The van der Waals surface area contributed by atoms with Gasteiger partial charge in [-0.25, -0.2) is 17.5 Å². The molecule has 0 amide bonds. The molecule has 0 aromatic heterocycles. The minimum atomic E-state index is -3.86. The lowest BCUT2D eigenvalue weighted by molar-refractivity contribution is 0.560. The van der Waals surface area contributed by atoms with Crippen LogP contribution in [-0.4, -0.2) is 21.5 Å². The van der Waals surface area contributed by atoms with Crippen molar-refractivity contribution >= 4 is 21.6 Å². The molecule has 4 nitrogen and oxygen atoms in total. The van der Waals surface area contributed by atoms with Gasteiger partial charge in [0, 0.05) is 18.1 Å². The Hall–Kier alpha value is -0.950. The van der Waals surface area contributed by atoms with E-state index in [0.29, 0.717) is 6.54 Å². The lowest BCUT2D eigenvalue weighted by Gasteiger charge is -2.05. The normalized spacial score (nSPS) is 12.2. The van der Waals surface area contributed by atoms with Crippen molar-refractivity contribution in [3.05, 3.63) is 41.2 Å². The zero-order valence-corrected chi connectivity index (χ0v) is 10.4. The number of rotatable bonds is 5. The summed E-state index contributed by atoms with van der Waals surface area (Å²) in [5, 5.41) is 0.143. The highest BCUT2D eigenvalue weighted by Crippen LogP contribution is 2.18. The summed E-state index contributed by atoms with van der Waals surface area (Å²) in [5.41, 5.74) is 5.19. The van der Waals surface area contributed by atoms with Gasteiger partial charge in [0.1, 0.15) is 10.7 Å². The number of hydrogen-bond donors (Lipinski definition) is 2. The Balaban J connectivity index is 2.86. The summed E-state index contributed by atoms with van der Waals surface area (Å²) in [6.07, 6.45) is 3.14. The molecule has 0 bridgehead atoms. The molecule has 1 aromatic rings. The Morgan fingerprint density at radius 1 is 1.41 bits per heavy atom. The van der Waals surface area contributed by atoms with Crippen molar-refractivity contribution in [2.75, 3.05) is 13.1 Å². The topological polar surface area (TPSA) is 72.2 Å². The number of hydrogen-bond acceptors (Lipinski definition) is 3. The number of benzene rings is 1. The van der Waals surface area contributed by atoms with Gasteiger partial charge >= 0.3 is 0 Å². The molecule has 0 saturated carbocycles. The van der Waals surface area contributed by atoms with E-state index in [-0.39, 0.29) is 11.6 Å². The highest BCUT2D eigenvalue weighted by Gasteiger charge is 2.17. The minimum absolute atomic E-state index is 0.0571. The summed E-state index contributed by atoms with van der Waals surface area (Å²) in [4.78, 5) is -0.428. The van der Waals surface area contributed by atoms with Gasteiger partial charge in [-0.3, -0.25) is 0 Å². The predicted octanol–water partition coefficient (Wildman–Crippen LogP) is 1.27. The molecule has 0 fully saturated rings. The Bertz CT molecular complexity index is 517. The molecule has 3 N–H and O–H groups in total. The van der Waals surface area contributed by atoms with Crippen LogP contribution in [0.5, 0.6) is 0 Å². The van der Waals surface area contributed by atoms with E-state index in [1.54, 1.807) is 12.2 Å². The number of sulfonamides is 1. The SMILES string of the molecule is NC/C=C/CNS(=O)(=O)c1ccc(Cl)cc1F. The van der Waals surface area contributed by atoms with Crippen LogP contribution in [0.4, 0.5) is 4.39 Å². The smallest absolute Gasteiger partial charge is 0.243 e. The molecule has 1 rings (SSSR count). The summed E-state index contributed by atoms with van der Waals surface area (Å²) in [6.45, 7) is 0.374. The Morgan fingerprint density at radius 2 is 2.12 bits per heavy atom. The van der Waals surface area contributed by atoms with Gasteiger partial charge in [-0.15, -0.1) is 0 Å². The van der Waals surface area contributed by atoms with Crippen LogP contribution in [0.2, 0.25) is 5.02 Å². The molecule has 0 radical (unpaired) electrons. The van der Waals surface area contributed by atoms with Gasteiger partial charge in [-0.2, -0.15) is 0 Å². The van der Waals surface area contributed by atoms with E-state index in [1.165, 1.54) is 6.07 Å². The van der Waals surface area contributed by atoms with Gasteiger partial charge in [-0.1, -0.05) is 23.8 Å². The first-order chi connectivity index (χ1) is 7.97. The number of nitrogens with one attached hydrogen (secondary N) is 1. The summed E-state index contributed by atoms with van der Waals surface area (Å²) in [5.74, 6) is -0.882. The van der Waals surface area contributed by atoms with E-state index in [4.69, 9.17) is 17.3 Å². The quantitative estimate of drug-likeness (QED) is 0.797. The summed E-state index contributed by atoms with van der Waals surface area (Å²) < 4.78 is 38.9. The third kappa shape index (κ3) is 4.08. The fourth-order valence-electron chi connectivity index (χ4n) is 1.11. The third-order valence-corrected chi connectivity index (χ3v) is 3.57. The highest BCUT2D eigenvalue weighted by molar-refractivity contribution is 7.89. The Morgan fingerprint density at radius 3 is 2.71 bits per heavy atom. The minimum Gasteiger partial charge on any atom is -0.327 e. The molecule has 0 aliphatic heterocycles. The first-order valence-electron chi connectivity index (χ1n) is 4.77. The largest absolute Gasteiger partial charge is 0.327 e. The molecule has 7 heteroatoms. The molecular weight excluding hydrogens is 267 g/mol. The molecule has 0 spiro atoms. The molecule has 0 unspecified atom stereocenters. The van der Waals surface area contributed by atoms with Crippen LogP contribution in [0, 0.1) is 5.82 Å². The van der Waals surface area contributed by atoms with Crippen LogP contribution in [0.15, 0.2) is 35.2 Å². The third-order valence-electron chi connectivity index (χ3n) is 1.88. The Labute approximate surface area is 104 Å². The number of nitrogens with two attached hydrogens (primary N) is 1. The molecule has 0 saturated heterocycles. The van der Waals surface area contributed by atoms with Crippen molar-refractivity contribution in [1.82, 2.24) is 4.72 Å². The van der Waals surface area contributed by atoms with Gasteiger partial charge in [0.2, 0.25) is 10.0 Å². The van der Waals surface area contributed by atoms with Gasteiger partial charge in [0.05, 0.1) is 0 Å². The molecule has 0 aliphatic carbocycles. The first-order valence-corrected chi connectivity index (χ1v) is 6.63. The standard InChI is InChI=1S/C10H12ClFN2O2S/c11-8-3-4-10(9(12)7-8)17(15,16)14-6-2-1-5-13/h1-4,7,14H,5-6,13H2/b2-1+. The van der Waals surface area contributed by atoms with Crippen molar-refractivity contribution in [2.24, 2.45) is 5.73 Å². The van der Waals surface area contributed by atoms with E-state index < -0.39 is 20.7 Å². The van der Waals surface area contributed by atoms with Crippen molar-refractivity contribution in [3.63, 3.8) is 0 Å². The second-order valence-corrected chi connectivity index (χ2v) is 5.31. The second-order valence-electron chi connectivity index (χ2n) is 3.13. The average Bonchev–Trinajstić information content (AvgIpc) is 2.24. The second kappa shape index (κ2) is 6.11. The maximum Gasteiger partial charge on any atom is 0.243 e. The van der Waals surface area contributed by atoms with Crippen LogP contribution in [0.25, 0.3) is 0 Å². The van der Waals surface area contributed by atoms with E-state index in [9.17, 15) is 12.8 Å². The van der Waals surface area contributed by atoms with Gasteiger partial charge in [0.15, 0.2) is 0 Å². The van der Waals surface area contributed by atoms with Crippen molar-refractivity contribution in [2.45, 2.75) is 4.90 Å². The van der Waals surface area contributed by atoms with E-state index >= 15 is 0 Å².